The Kier molecular flexibility index (Phi) is 7.16. The first kappa shape index (κ1) is 27.1. The molecule has 1 aromatic rings. The molecule has 3 aliphatic rings. The van der Waals surface area contributed by atoms with E-state index < -0.39 is 57.0 Å². The number of ether oxygens (including phenoxy) is 1. The van der Waals surface area contributed by atoms with Crippen LogP contribution in [0.4, 0.5) is 13.2 Å². The van der Waals surface area contributed by atoms with Crippen molar-refractivity contribution in [1.82, 2.24) is 14.9 Å². The van der Waals surface area contributed by atoms with Gasteiger partial charge in [-0.2, -0.15) is 0 Å². The average Bonchev–Trinajstić information content (AvgIpc) is 3.32. The van der Waals surface area contributed by atoms with E-state index in [4.69, 9.17) is 0 Å². The molecule has 37 heavy (non-hydrogen) atoms. The zero-order valence-corrected chi connectivity index (χ0v) is 21.2. The number of thioether (sulfide) groups is 1. The van der Waals surface area contributed by atoms with Crippen molar-refractivity contribution < 1.29 is 46.1 Å². The van der Waals surface area contributed by atoms with Crippen molar-refractivity contribution in [1.29, 1.82) is 0 Å². The molecule has 3 aliphatic heterocycles. The number of aliphatic hydroxyl groups is 1. The number of carboxylic acids is 1. The van der Waals surface area contributed by atoms with Gasteiger partial charge in [0.15, 0.2) is 0 Å². The van der Waals surface area contributed by atoms with Crippen molar-refractivity contribution in [3.63, 3.8) is 0 Å². The van der Waals surface area contributed by atoms with Gasteiger partial charge in [0.25, 0.3) is 10.0 Å². The summed E-state index contributed by atoms with van der Waals surface area (Å²) < 4.78 is 68.5. The molecule has 5 atom stereocenters. The fraction of sp³-hybridized carbons (Fsp3) is 0.455. The summed E-state index contributed by atoms with van der Waals surface area (Å²) in [6.45, 7) is 3.69. The number of β-lactam (4-membered cyclic amide) rings is 1. The number of carbonyl (C=O) groups is 2. The van der Waals surface area contributed by atoms with Crippen molar-refractivity contribution in [2.24, 2.45) is 11.8 Å². The lowest BCUT2D eigenvalue weighted by Crippen LogP contribution is -2.63. The number of nitrogens with one attached hydrogen (secondary N) is 2. The van der Waals surface area contributed by atoms with Crippen molar-refractivity contribution in [3.8, 4) is 5.75 Å². The molecule has 1 aromatic carbocycles. The predicted molar refractivity (Wildman–Crippen MR) is 125 cm³/mol. The summed E-state index contributed by atoms with van der Waals surface area (Å²) >= 11 is 1.28. The van der Waals surface area contributed by atoms with Crippen LogP contribution in [-0.2, 0) is 19.6 Å². The van der Waals surface area contributed by atoms with Crippen LogP contribution in [0.5, 0.6) is 5.75 Å². The third kappa shape index (κ3) is 5.38. The number of sulfonamides is 1. The van der Waals surface area contributed by atoms with Crippen LogP contribution in [0.2, 0.25) is 0 Å². The number of aliphatic carboxylic acids is 1. The Bertz CT molecular complexity index is 1280. The molecule has 202 valence electrons. The summed E-state index contributed by atoms with van der Waals surface area (Å²) in [7, 11) is -4.20. The van der Waals surface area contributed by atoms with Crippen LogP contribution in [0.25, 0.3) is 0 Å². The van der Waals surface area contributed by atoms with Crippen molar-refractivity contribution >= 4 is 33.7 Å². The van der Waals surface area contributed by atoms with Gasteiger partial charge in [0.05, 0.1) is 23.0 Å². The monoisotopic (exact) mass is 563 g/mol. The highest BCUT2D eigenvalue weighted by atomic mass is 32.2. The molecule has 0 bridgehead atoms. The summed E-state index contributed by atoms with van der Waals surface area (Å²) in [5.41, 5.74) is 0.400. The molecule has 3 heterocycles. The molecule has 2 fully saturated rings. The van der Waals surface area contributed by atoms with Gasteiger partial charge in [0.2, 0.25) is 5.91 Å². The number of carbonyl (C=O) groups excluding carboxylic acids is 1. The lowest BCUT2D eigenvalue weighted by molar-refractivity contribution is -0.274. The molecule has 4 rings (SSSR count). The number of hydrogen-bond acceptors (Lipinski definition) is 8. The van der Waals surface area contributed by atoms with Gasteiger partial charge in [-0.3, -0.25) is 9.52 Å². The highest BCUT2D eigenvalue weighted by Gasteiger charge is 2.60. The van der Waals surface area contributed by atoms with Gasteiger partial charge in [0, 0.05) is 47.0 Å². The second kappa shape index (κ2) is 9.76. The molecular formula is C22H24F3N3O7S2. The Morgan fingerprint density at radius 2 is 2.08 bits per heavy atom. The van der Waals surface area contributed by atoms with E-state index in [1.807, 2.05) is 6.92 Å². The van der Waals surface area contributed by atoms with Crippen LogP contribution in [0.15, 0.2) is 51.7 Å². The third-order valence-electron chi connectivity index (χ3n) is 6.35. The van der Waals surface area contributed by atoms with E-state index in [0.717, 1.165) is 24.3 Å². The maximum absolute atomic E-state index is 12.6. The maximum Gasteiger partial charge on any atom is 0.573 e. The molecule has 1 unspecified atom stereocenters. The molecule has 2 saturated heterocycles. The highest BCUT2D eigenvalue weighted by Crippen LogP contribution is 2.51. The summed E-state index contributed by atoms with van der Waals surface area (Å²) in [5, 5.41) is 22.6. The van der Waals surface area contributed by atoms with Crippen LogP contribution < -0.4 is 14.8 Å². The number of aliphatic hydroxyl groups excluding tert-OH is 1. The van der Waals surface area contributed by atoms with Crippen LogP contribution in [-0.4, -0.2) is 65.7 Å². The predicted octanol–water partition coefficient (Wildman–Crippen LogP) is 1.95. The summed E-state index contributed by atoms with van der Waals surface area (Å²) in [4.78, 5) is 25.8. The fourth-order valence-electron chi connectivity index (χ4n) is 4.74. The van der Waals surface area contributed by atoms with Crippen LogP contribution in [0, 0.1) is 11.8 Å². The highest BCUT2D eigenvalue weighted by molar-refractivity contribution is 8.03. The minimum atomic E-state index is -4.97. The first-order valence-corrected chi connectivity index (χ1v) is 13.5. The van der Waals surface area contributed by atoms with Crippen molar-refractivity contribution in [2.45, 2.75) is 48.9 Å². The zero-order chi connectivity index (χ0) is 27.3. The quantitative estimate of drug-likeness (QED) is 0.349. The van der Waals surface area contributed by atoms with E-state index in [0.29, 0.717) is 23.6 Å². The second-order valence-corrected chi connectivity index (χ2v) is 12.0. The van der Waals surface area contributed by atoms with Crippen molar-refractivity contribution in [2.75, 3.05) is 6.54 Å². The number of alkyl halides is 3. The number of carboxylic acid groups (broad SMARTS) is 1. The zero-order valence-electron chi connectivity index (χ0n) is 19.5. The molecule has 15 heteroatoms. The molecule has 0 radical (unpaired) electrons. The molecule has 0 saturated carbocycles. The number of benzene rings is 1. The van der Waals surface area contributed by atoms with E-state index in [9.17, 15) is 41.4 Å². The molecule has 1 amide bonds. The van der Waals surface area contributed by atoms with E-state index in [2.05, 4.69) is 14.8 Å². The Hall–Kier alpha value is -2.91. The third-order valence-corrected chi connectivity index (χ3v) is 9.14. The van der Waals surface area contributed by atoms with Gasteiger partial charge in [-0.1, -0.05) is 13.0 Å². The van der Waals surface area contributed by atoms with Gasteiger partial charge in [0.1, 0.15) is 11.4 Å². The number of fused-ring (bicyclic) bond motifs is 1. The number of nitrogens with zero attached hydrogens (tertiary/aromatic N) is 1. The standard InChI is InChI=1S/C22H24F3N3O7S2/c1-10-17-16(11(2)29)20(30)28(17)18(21(31)32)19(10)36-14-6-12(26-9-14)8-27-37(33,34)15-5-3-4-13(7-15)35-22(23,24)25/h3-5,7-8,10-11,14,16-17,26-27,29H,6,9H2,1-2H3,(H,31,32)/b12-8+/t10-,11-,14?,16-,17-/m1/s1. The lowest BCUT2D eigenvalue weighted by atomic mass is 9.79. The maximum atomic E-state index is 12.6. The van der Waals surface area contributed by atoms with Crippen LogP contribution in [0.1, 0.15) is 20.3 Å². The normalized spacial score (nSPS) is 27.6. The Morgan fingerprint density at radius 1 is 1.38 bits per heavy atom. The number of hydrogen-bond donors (Lipinski definition) is 4. The summed E-state index contributed by atoms with van der Waals surface area (Å²) in [6, 6.07) is 3.54. The fourth-order valence-corrected chi connectivity index (χ4v) is 7.14. The Labute approximate surface area is 214 Å². The van der Waals surface area contributed by atoms with Gasteiger partial charge in [-0.25, -0.2) is 13.2 Å². The van der Waals surface area contributed by atoms with Gasteiger partial charge in [-0.05, 0) is 19.1 Å². The Balaban J connectivity index is 1.43. The number of rotatable bonds is 8. The minimum absolute atomic E-state index is 0.0940. The van der Waals surface area contributed by atoms with Gasteiger partial charge >= 0.3 is 12.3 Å². The van der Waals surface area contributed by atoms with E-state index in [-0.39, 0.29) is 16.9 Å². The molecule has 0 aromatic heterocycles. The second-order valence-electron chi connectivity index (χ2n) is 8.91. The molecule has 4 N–H and O–H groups in total. The largest absolute Gasteiger partial charge is 0.573 e. The number of amides is 1. The summed E-state index contributed by atoms with van der Waals surface area (Å²) in [6.07, 6.45) is -4.34. The molecule has 0 aliphatic carbocycles. The smallest absolute Gasteiger partial charge is 0.477 e. The summed E-state index contributed by atoms with van der Waals surface area (Å²) in [5.74, 6) is -3.31. The van der Waals surface area contributed by atoms with E-state index in [1.54, 1.807) is 0 Å². The molecule has 0 spiro atoms. The average molecular weight is 564 g/mol. The first-order chi connectivity index (χ1) is 17.2. The van der Waals surface area contributed by atoms with Gasteiger partial charge in [-0.15, -0.1) is 24.9 Å². The van der Waals surface area contributed by atoms with Gasteiger partial charge < -0.3 is 25.2 Å². The van der Waals surface area contributed by atoms with E-state index >= 15 is 0 Å². The van der Waals surface area contributed by atoms with E-state index in [1.165, 1.54) is 29.8 Å². The number of halogens is 3. The van der Waals surface area contributed by atoms with Crippen molar-refractivity contribution in [3.05, 3.63) is 46.8 Å². The van der Waals surface area contributed by atoms with Crippen LogP contribution in [0.3, 0.4) is 0 Å². The Morgan fingerprint density at radius 3 is 2.70 bits per heavy atom. The molecular weight excluding hydrogens is 539 g/mol. The lowest BCUT2D eigenvalue weighted by Gasteiger charge is -2.46. The first-order valence-electron chi connectivity index (χ1n) is 11.2. The SMILES string of the molecule is C[C@@H](O)[C@H]1C(=O)N2C(C(=O)O)=C(SC3CN/C(=C/NS(=O)(=O)c4cccc(OC(F)(F)F)c4)C3)[C@H](C)[C@H]12. The van der Waals surface area contributed by atoms with Crippen LogP contribution >= 0.6 is 11.8 Å². The minimum Gasteiger partial charge on any atom is -0.477 e. The molecule has 10 nitrogen and oxygen atoms in total. The number of allylic oxidation sites excluding steroid dienone is 1. The topological polar surface area (TPSA) is 145 Å².